The Bertz CT molecular complexity index is 577. The highest BCUT2D eigenvalue weighted by molar-refractivity contribution is 6.76. The van der Waals surface area contributed by atoms with Crippen LogP contribution in [0.15, 0.2) is 0 Å². The average molecular weight is 535 g/mol. The molecule has 1 heterocycles. The van der Waals surface area contributed by atoms with Crippen LogP contribution in [-0.2, 0) is 33.2 Å². The monoisotopic (exact) mass is 533 g/mol. The quantitative estimate of drug-likeness (QED) is 0.101. The molecular weight excluding hydrogens is 497 g/mol. The standard InChI is InChI=1S/C22H38Cl3NO7/c1-5-8-11-28-14-16-17(29-12-9-6-2)18(30-13-10-7-3)19(31-15(4)27)20(32-16)33-21(26)22(23,24)25/h16-20,26H,5-14H2,1-4H3/t16?,17-,18?,19-,20-/m1/s1. The molecule has 0 saturated carbocycles. The van der Waals surface area contributed by atoms with E-state index in [-0.39, 0.29) is 6.61 Å². The smallest absolute Gasteiger partial charge is 0.303 e. The van der Waals surface area contributed by atoms with Crippen LogP contribution in [0.25, 0.3) is 0 Å². The number of hydrogen-bond acceptors (Lipinski definition) is 8. The number of esters is 1. The molecule has 8 nitrogen and oxygen atoms in total. The number of carbonyl (C=O) groups excluding carboxylic acids is 1. The highest BCUT2D eigenvalue weighted by Gasteiger charge is 2.51. The van der Waals surface area contributed by atoms with Crippen LogP contribution in [0, 0.1) is 5.41 Å². The minimum atomic E-state index is -2.11. The van der Waals surface area contributed by atoms with Gasteiger partial charge in [-0.25, -0.2) is 0 Å². The van der Waals surface area contributed by atoms with Gasteiger partial charge in [-0.15, -0.1) is 0 Å². The van der Waals surface area contributed by atoms with Gasteiger partial charge in [-0.05, 0) is 19.3 Å². The minimum absolute atomic E-state index is 0.207. The zero-order valence-corrected chi connectivity index (χ0v) is 22.2. The van der Waals surface area contributed by atoms with E-state index in [0.29, 0.717) is 19.8 Å². The fourth-order valence-corrected chi connectivity index (χ4v) is 3.31. The molecule has 33 heavy (non-hydrogen) atoms. The van der Waals surface area contributed by atoms with Crippen molar-refractivity contribution in [3.63, 3.8) is 0 Å². The maximum Gasteiger partial charge on any atom is 0.303 e. The second-order valence-electron chi connectivity index (χ2n) is 7.87. The van der Waals surface area contributed by atoms with Crippen molar-refractivity contribution in [1.82, 2.24) is 0 Å². The predicted octanol–water partition coefficient (Wildman–Crippen LogP) is 5.19. The Hall–Kier alpha value is -0.350. The van der Waals surface area contributed by atoms with Crippen LogP contribution < -0.4 is 0 Å². The lowest BCUT2D eigenvalue weighted by atomic mass is 9.98. The third-order valence-corrected chi connectivity index (χ3v) is 5.44. The lowest BCUT2D eigenvalue weighted by molar-refractivity contribution is -0.302. The molecule has 2 unspecified atom stereocenters. The summed E-state index contributed by atoms with van der Waals surface area (Å²) < 4.78 is 33.1. The lowest BCUT2D eigenvalue weighted by Crippen LogP contribution is -2.63. The van der Waals surface area contributed by atoms with Crippen molar-refractivity contribution in [3.8, 4) is 0 Å². The van der Waals surface area contributed by atoms with E-state index < -0.39 is 46.4 Å². The van der Waals surface area contributed by atoms with Gasteiger partial charge in [0.2, 0.25) is 12.2 Å². The van der Waals surface area contributed by atoms with E-state index in [9.17, 15) is 4.79 Å². The number of hydrogen-bond donors (Lipinski definition) is 1. The van der Waals surface area contributed by atoms with Gasteiger partial charge in [-0.2, -0.15) is 0 Å². The molecule has 11 heteroatoms. The van der Waals surface area contributed by atoms with Crippen LogP contribution in [0.2, 0.25) is 0 Å². The molecule has 1 N–H and O–H groups in total. The third-order valence-electron chi connectivity index (χ3n) is 4.93. The molecule has 1 rings (SSSR count). The van der Waals surface area contributed by atoms with Crippen LogP contribution in [0.1, 0.15) is 66.2 Å². The molecule has 0 aromatic heterocycles. The van der Waals surface area contributed by atoms with Crippen LogP contribution in [0.5, 0.6) is 0 Å². The normalized spacial score (nSPS) is 25.6. The van der Waals surface area contributed by atoms with E-state index in [4.69, 9.17) is 68.6 Å². The van der Waals surface area contributed by atoms with Crippen molar-refractivity contribution in [2.24, 2.45) is 0 Å². The summed E-state index contributed by atoms with van der Waals surface area (Å²) in [6.07, 6.45) is 1.22. The molecule has 0 bridgehead atoms. The Kier molecular flexibility index (Phi) is 15.2. The highest BCUT2D eigenvalue weighted by Crippen LogP contribution is 2.33. The molecule has 1 fully saturated rings. The van der Waals surface area contributed by atoms with Crippen LogP contribution >= 0.6 is 34.8 Å². The summed E-state index contributed by atoms with van der Waals surface area (Å²) in [7, 11) is 0. The van der Waals surface area contributed by atoms with Crippen molar-refractivity contribution >= 4 is 46.7 Å². The summed E-state index contributed by atoms with van der Waals surface area (Å²) in [5.41, 5.74) is 0. The molecule has 0 aromatic rings. The number of alkyl halides is 3. The summed E-state index contributed by atoms with van der Waals surface area (Å²) in [6, 6.07) is 0. The molecule has 0 amide bonds. The molecule has 0 aliphatic carbocycles. The first-order valence-corrected chi connectivity index (χ1v) is 12.7. The van der Waals surface area contributed by atoms with Crippen molar-refractivity contribution in [2.75, 3.05) is 26.4 Å². The van der Waals surface area contributed by atoms with Gasteiger partial charge < -0.3 is 28.4 Å². The molecule has 0 spiro atoms. The van der Waals surface area contributed by atoms with E-state index in [1.807, 2.05) is 6.92 Å². The Morgan fingerprint density at radius 3 is 1.94 bits per heavy atom. The van der Waals surface area contributed by atoms with E-state index in [0.717, 1.165) is 38.5 Å². The van der Waals surface area contributed by atoms with E-state index in [1.165, 1.54) is 6.92 Å². The van der Waals surface area contributed by atoms with Crippen LogP contribution in [0.4, 0.5) is 0 Å². The Balaban J connectivity index is 3.22. The summed E-state index contributed by atoms with van der Waals surface area (Å²) in [4.78, 5) is 11.9. The largest absolute Gasteiger partial charge is 0.453 e. The first kappa shape index (κ1) is 30.7. The van der Waals surface area contributed by atoms with Gasteiger partial charge in [0.15, 0.2) is 6.10 Å². The van der Waals surface area contributed by atoms with Crippen LogP contribution in [0.3, 0.4) is 0 Å². The summed E-state index contributed by atoms with van der Waals surface area (Å²) in [6.45, 7) is 9.12. The third kappa shape index (κ3) is 11.3. The van der Waals surface area contributed by atoms with Gasteiger partial charge in [0.05, 0.1) is 6.61 Å². The maximum absolute atomic E-state index is 11.9. The topological polar surface area (TPSA) is 96.3 Å². The van der Waals surface area contributed by atoms with Gasteiger partial charge in [0, 0.05) is 26.7 Å². The van der Waals surface area contributed by atoms with Gasteiger partial charge >= 0.3 is 5.97 Å². The molecule has 1 saturated heterocycles. The first-order chi connectivity index (χ1) is 15.6. The van der Waals surface area contributed by atoms with E-state index in [1.54, 1.807) is 0 Å². The van der Waals surface area contributed by atoms with Crippen molar-refractivity contribution in [2.45, 2.75) is 101 Å². The zero-order chi connectivity index (χ0) is 24.9. The average Bonchev–Trinajstić information content (AvgIpc) is 2.74. The number of rotatable bonds is 15. The fourth-order valence-electron chi connectivity index (χ4n) is 3.17. The number of nitrogens with one attached hydrogen (secondary N) is 1. The number of unbranched alkanes of at least 4 members (excludes halogenated alkanes) is 3. The Morgan fingerprint density at radius 1 is 0.879 bits per heavy atom. The molecule has 0 radical (unpaired) electrons. The molecule has 0 aromatic carbocycles. The van der Waals surface area contributed by atoms with Gasteiger partial charge in [0.1, 0.15) is 18.3 Å². The highest BCUT2D eigenvalue weighted by atomic mass is 35.6. The molecule has 194 valence electrons. The molecular formula is C22H38Cl3NO7. The predicted molar refractivity (Wildman–Crippen MR) is 128 cm³/mol. The van der Waals surface area contributed by atoms with E-state index in [2.05, 4.69) is 13.8 Å². The fraction of sp³-hybridized carbons (Fsp3) is 0.909. The second kappa shape index (κ2) is 16.3. The number of ether oxygens (including phenoxy) is 6. The summed E-state index contributed by atoms with van der Waals surface area (Å²) in [5.74, 6) is -1.22. The second-order valence-corrected chi connectivity index (χ2v) is 10.1. The first-order valence-electron chi connectivity index (χ1n) is 11.6. The Labute approximate surface area is 212 Å². The Morgan fingerprint density at radius 2 is 1.42 bits per heavy atom. The van der Waals surface area contributed by atoms with Crippen LogP contribution in [-0.4, -0.2) is 72.8 Å². The molecule has 1 aliphatic rings. The lowest BCUT2D eigenvalue weighted by Gasteiger charge is -2.45. The molecule has 5 atom stereocenters. The maximum atomic E-state index is 11.9. The van der Waals surface area contributed by atoms with Crippen molar-refractivity contribution < 1.29 is 33.2 Å². The van der Waals surface area contributed by atoms with Crippen molar-refractivity contribution in [3.05, 3.63) is 0 Å². The minimum Gasteiger partial charge on any atom is -0.453 e. The van der Waals surface area contributed by atoms with Gasteiger partial charge in [-0.1, -0.05) is 74.8 Å². The number of halogens is 3. The zero-order valence-electron chi connectivity index (χ0n) is 19.9. The summed E-state index contributed by atoms with van der Waals surface area (Å²) >= 11 is 17.4. The van der Waals surface area contributed by atoms with Gasteiger partial charge in [-0.3, -0.25) is 10.2 Å². The SMILES string of the molecule is CCCCOCC1O[C@H](OC(=N)C(Cl)(Cl)Cl)[C@H](OC(C)=O)C(OCCCC)[C@@H]1OCCCC. The number of carbonyl (C=O) groups is 1. The van der Waals surface area contributed by atoms with Crippen molar-refractivity contribution in [1.29, 1.82) is 5.41 Å². The summed E-state index contributed by atoms with van der Waals surface area (Å²) in [5, 5.41) is 7.99. The van der Waals surface area contributed by atoms with E-state index >= 15 is 0 Å². The van der Waals surface area contributed by atoms with Gasteiger partial charge in [0.25, 0.3) is 3.79 Å². The molecule has 1 aliphatic heterocycles.